The van der Waals surface area contributed by atoms with Crippen LogP contribution in [0.1, 0.15) is 38.2 Å². The van der Waals surface area contributed by atoms with Crippen molar-refractivity contribution in [3.05, 3.63) is 23.9 Å². The predicted octanol–water partition coefficient (Wildman–Crippen LogP) is 2.19. The maximum atomic E-state index is 8.84. The molecule has 0 unspecified atom stereocenters. The van der Waals surface area contributed by atoms with Crippen molar-refractivity contribution in [3.8, 4) is 0 Å². The molecule has 3 N–H and O–H groups in total. The van der Waals surface area contributed by atoms with E-state index in [9.17, 15) is 0 Å². The lowest BCUT2D eigenvalue weighted by Crippen LogP contribution is -2.35. The van der Waals surface area contributed by atoms with Gasteiger partial charge in [0.15, 0.2) is 5.84 Å². The SMILES string of the molecule is CCCC1CCN(c2ncccc2C(N)=NO)CC1. The van der Waals surface area contributed by atoms with Gasteiger partial charge in [0, 0.05) is 19.3 Å². The van der Waals surface area contributed by atoms with Crippen LogP contribution in [0.3, 0.4) is 0 Å². The fourth-order valence-electron chi connectivity index (χ4n) is 2.74. The van der Waals surface area contributed by atoms with Crippen molar-refractivity contribution in [2.24, 2.45) is 16.8 Å². The number of nitrogens with two attached hydrogens (primary N) is 1. The van der Waals surface area contributed by atoms with Gasteiger partial charge < -0.3 is 15.8 Å². The molecule has 0 amide bonds. The van der Waals surface area contributed by atoms with Gasteiger partial charge in [-0.2, -0.15) is 0 Å². The van der Waals surface area contributed by atoms with E-state index < -0.39 is 0 Å². The molecule has 1 fully saturated rings. The number of nitrogens with zero attached hydrogens (tertiary/aromatic N) is 3. The molecule has 5 nitrogen and oxygen atoms in total. The number of oxime groups is 1. The molecule has 19 heavy (non-hydrogen) atoms. The Labute approximate surface area is 114 Å². The van der Waals surface area contributed by atoms with Crippen LogP contribution in [0.5, 0.6) is 0 Å². The van der Waals surface area contributed by atoms with Crippen LogP contribution in [0.25, 0.3) is 0 Å². The van der Waals surface area contributed by atoms with Crippen molar-refractivity contribution in [1.29, 1.82) is 0 Å². The zero-order valence-electron chi connectivity index (χ0n) is 11.4. The van der Waals surface area contributed by atoms with E-state index >= 15 is 0 Å². The van der Waals surface area contributed by atoms with Crippen molar-refractivity contribution in [1.82, 2.24) is 4.98 Å². The molecule has 0 aliphatic carbocycles. The zero-order valence-corrected chi connectivity index (χ0v) is 11.4. The second-order valence-electron chi connectivity index (χ2n) is 5.08. The largest absolute Gasteiger partial charge is 0.409 e. The molecule has 0 spiro atoms. The summed E-state index contributed by atoms with van der Waals surface area (Å²) in [7, 11) is 0. The molecular formula is C14H22N4O. The Morgan fingerprint density at radius 2 is 2.26 bits per heavy atom. The standard InChI is InChI=1S/C14H22N4O/c1-2-4-11-6-9-18(10-7-11)14-12(13(15)17-19)5-3-8-16-14/h3,5,8,11,19H,2,4,6-7,9-10H2,1H3,(H2,15,17). The number of pyridine rings is 1. The summed E-state index contributed by atoms with van der Waals surface area (Å²) in [5.74, 6) is 1.78. The van der Waals surface area contributed by atoms with Crippen molar-refractivity contribution >= 4 is 11.7 Å². The Balaban J connectivity index is 2.11. The smallest absolute Gasteiger partial charge is 0.173 e. The summed E-state index contributed by atoms with van der Waals surface area (Å²) in [5, 5.41) is 11.9. The van der Waals surface area contributed by atoms with Gasteiger partial charge in [0.25, 0.3) is 0 Å². The van der Waals surface area contributed by atoms with E-state index in [1.807, 2.05) is 6.07 Å². The summed E-state index contributed by atoms with van der Waals surface area (Å²) in [6.45, 7) is 4.22. The number of hydrogen-bond acceptors (Lipinski definition) is 4. The van der Waals surface area contributed by atoms with Gasteiger partial charge in [0.2, 0.25) is 0 Å². The predicted molar refractivity (Wildman–Crippen MR) is 76.6 cm³/mol. The van der Waals surface area contributed by atoms with Crippen LogP contribution in [0, 0.1) is 5.92 Å². The molecule has 1 aromatic rings. The molecule has 1 aliphatic rings. The molecule has 1 saturated heterocycles. The molecule has 0 radical (unpaired) electrons. The normalized spacial score (nSPS) is 17.7. The van der Waals surface area contributed by atoms with Crippen LogP contribution in [0.2, 0.25) is 0 Å². The van der Waals surface area contributed by atoms with Crippen LogP contribution in [0.4, 0.5) is 5.82 Å². The third kappa shape index (κ3) is 3.16. The molecule has 0 atom stereocenters. The lowest BCUT2D eigenvalue weighted by molar-refractivity contribution is 0.318. The van der Waals surface area contributed by atoms with E-state index in [4.69, 9.17) is 10.9 Å². The first kappa shape index (κ1) is 13.6. The molecule has 104 valence electrons. The summed E-state index contributed by atoms with van der Waals surface area (Å²) < 4.78 is 0. The Morgan fingerprint density at radius 3 is 2.89 bits per heavy atom. The Hall–Kier alpha value is -1.78. The minimum Gasteiger partial charge on any atom is -0.409 e. The summed E-state index contributed by atoms with van der Waals surface area (Å²) in [4.78, 5) is 6.63. The molecule has 1 aromatic heterocycles. The molecule has 2 rings (SSSR count). The van der Waals surface area contributed by atoms with Crippen LogP contribution < -0.4 is 10.6 Å². The van der Waals surface area contributed by atoms with E-state index in [0.29, 0.717) is 5.56 Å². The first-order valence-electron chi connectivity index (χ1n) is 6.94. The summed E-state index contributed by atoms with van der Waals surface area (Å²) in [6, 6.07) is 3.65. The van der Waals surface area contributed by atoms with E-state index in [2.05, 4.69) is 22.0 Å². The zero-order chi connectivity index (χ0) is 13.7. The first-order chi connectivity index (χ1) is 9.26. The van der Waals surface area contributed by atoms with Gasteiger partial charge in [-0.15, -0.1) is 0 Å². The van der Waals surface area contributed by atoms with Crippen LogP contribution in [0.15, 0.2) is 23.5 Å². The van der Waals surface area contributed by atoms with E-state index in [0.717, 1.165) is 24.8 Å². The average molecular weight is 262 g/mol. The van der Waals surface area contributed by atoms with Gasteiger partial charge in [-0.05, 0) is 30.9 Å². The number of anilines is 1. The maximum Gasteiger partial charge on any atom is 0.173 e. The van der Waals surface area contributed by atoms with E-state index in [-0.39, 0.29) is 5.84 Å². The van der Waals surface area contributed by atoms with Gasteiger partial charge in [-0.1, -0.05) is 24.9 Å². The lowest BCUT2D eigenvalue weighted by Gasteiger charge is -2.33. The number of hydrogen-bond donors (Lipinski definition) is 2. The minimum atomic E-state index is 0.124. The molecule has 0 bridgehead atoms. The highest BCUT2D eigenvalue weighted by molar-refractivity contribution is 6.01. The molecule has 1 aliphatic heterocycles. The van der Waals surface area contributed by atoms with E-state index in [1.54, 1.807) is 12.3 Å². The van der Waals surface area contributed by atoms with Crippen molar-refractivity contribution in [3.63, 3.8) is 0 Å². The highest BCUT2D eigenvalue weighted by Gasteiger charge is 2.22. The number of rotatable bonds is 4. The van der Waals surface area contributed by atoms with Crippen LogP contribution in [-0.2, 0) is 0 Å². The topological polar surface area (TPSA) is 74.7 Å². The number of aromatic nitrogens is 1. The monoisotopic (exact) mass is 262 g/mol. The maximum absolute atomic E-state index is 8.84. The molecule has 5 heteroatoms. The minimum absolute atomic E-state index is 0.124. The fraction of sp³-hybridized carbons (Fsp3) is 0.571. The fourth-order valence-corrected chi connectivity index (χ4v) is 2.74. The van der Waals surface area contributed by atoms with Gasteiger partial charge >= 0.3 is 0 Å². The summed E-state index contributed by atoms with van der Waals surface area (Å²) >= 11 is 0. The van der Waals surface area contributed by atoms with Gasteiger partial charge in [0.1, 0.15) is 5.82 Å². The Bertz CT molecular complexity index is 439. The number of amidine groups is 1. The summed E-state index contributed by atoms with van der Waals surface area (Å²) in [5.41, 5.74) is 6.42. The lowest BCUT2D eigenvalue weighted by atomic mass is 9.92. The van der Waals surface area contributed by atoms with Gasteiger partial charge in [-0.3, -0.25) is 0 Å². The molecule has 2 heterocycles. The third-order valence-corrected chi connectivity index (χ3v) is 3.78. The molecular weight excluding hydrogens is 240 g/mol. The quantitative estimate of drug-likeness (QED) is 0.377. The average Bonchev–Trinajstić information content (AvgIpc) is 2.47. The first-order valence-corrected chi connectivity index (χ1v) is 6.94. The Kier molecular flexibility index (Phi) is 4.60. The third-order valence-electron chi connectivity index (χ3n) is 3.78. The van der Waals surface area contributed by atoms with Crippen LogP contribution >= 0.6 is 0 Å². The van der Waals surface area contributed by atoms with Gasteiger partial charge in [-0.25, -0.2) is 4.98 Å². The molecule has 0 saturated carbocycles. The second-order valence-corrected chi connectivity index (χ2v) is 5.08. The van der Waals surface area contributed by atoms with Crippen molar-refractivity contribution in [2.75, 3.05) is 18.0 Å². The number of piperidine rings is 1. The van der Waals surface area contributed by atoms with Crippen molar-refractivity contribution in [2.45, 2.75) is 32.6 Å². The summed E-state index contributed by atoms with van der Waals surface area (Å²) in [6.07, 6.45) is 6.70. The van der Waals surface area contributed by atoms with Crippen molar-refractivity contribution < 1.29 is 5.21 Å². The van der Waals surface area contributed by atoms with Gasteiger partial charge in [0.05, 0.1) is 5.56 Å². The molecule has 0 aromatic carbocycles. The highest BCUT2D eigenvalue weighted by atomic mass is 16.4. The van der Waals surface area contributed by atoms with E-state index in [1.165, 1.54) is 25.7 Å². The highest BCUT2D eigenvalue weighted by Crippen LogP contribution is 2.26. The second kappa shape index (κ2) is 6.41. The Morgan fingerprint density at radius 1 is 1.53 bits per heavy atom. The van der Waals surface area contributed by atoms with Crippen LogP contribution in [-0.4, -0.2) is 29.1 Å².